The third-order valence-corrected chi connectivity index (χ3v) is 25.5. The van der Waals surface area contributed by atoms with Crippen LogP contribution in [0, 0.1) is 31.3 Å². The topological polar surface area (TPSA) is 343 Å². The summed E-state index contributed by atoms with van der Waals surface area (Å²) in [4.78, 5) is 160. The Bertz CT molecular complexity index is 7210. The van der Waals surface area contributed by atoms with E-state index in [-0.39, 0.29) is 127 Å². The van der Waals surface area contributed by atoms with Crippen molar-refractivity contribution in [3.05, 3.63) is 287 Å². The van der Waals surface area contributed by atoms with Crippen molar-refractivity contribution < 1.29 is 79.0 Å². The molecule has 3 saturated heterocycles. The number of anilines is 4. The fraction of sp³-hybridized carbons (Fsp3) is 0.236. The van der Waals surface area contributed by atoms with Crippen LogP contribution < -0.4 is 26.0 Å². The Morgan fingerprint density at radius 2 is 0.796 bits per heavy atom. The van der Waals surface area contributed by atoms with Gasteiger partial charge in [-0.1, -0.05) is 126 Å². The minimum absolute atomic E-state index is 0.109. The van der Waals surface area contributed by atoms with Crippen LogP contribution in [-0.4, -0.2) is 192 Å². The molecule has 6 aromatic heterocycles. The molecule has 28 nitrogen and oxygen atoms in total. The highest BCUT2D eigenvalue weighted by molar-refractivity contribution is 6.34. The number of hydrogen-bond donors (Lipinski definition) is 4. The van der Waals surface area contributed by atoms with E-state index < -0.39 is 89.5 Å². The highest BCUT2D eigenvalue weighted by Crippen LogP contribution is 2.40. The van der Waals surface area contributed by atoms with E-state index in [9.17, 15) is 61.1 Å². The molecular weight excluding hydrogens is 1870 g/mol. The number of hydrogen-bond acceptors (Lipinski definition) is 19. The summed E-state index contributed by atoms with van der Waals surface area (Å²) < 4.78 is 101. The van der Waals surface area contributed by atoms with E-state index >= 15 is 13.2 Å². The lowest BCUT2D eigenvalue weighted by Crippen LogP contribution is -2.44. The molecule has 9 aromatic carbocycles. The maximum atomic E-state index is 15.8. The fourth-order valence-electron chi connectivity index (χ4n) is 17.7. The lowest BCUT2D eigenvalue weighted by atomic mass is 9.96. The van der Waals surface area contributed by atoms with Gasteiger partial charge in [-0.15, -0.1) is 0 Å². The summed E-state index contributed by atoms with van der Waals surface area (Å²) >= 11 is 12.5. The highest BCUT2D eigenvalue weighted by atomic mass is 35.5. The molecule has 0 radical (unpaired) electrons. The zero-order valence-electron chi connectivity index (χ0n) is 77.9. The average molecular weight is 1970 g/mol. The molecule has 0 aliphatic carbocycles. The molecule has 0 spiro atoms. The van der Waals surface area contributed by atoms with Gasteiger partial charge in [0.15, 0.2) is 40.6 Å². The van der Waals surface area contributed by atoms with Crippen LogP contribution in [0.1, 0.15) is 114 Å². The molecule has 0 unspecified atom stereocenters. The number of fused-ring (bicyclic) bond motifs is 3. The van der Waals surface area contributed by atoms with Crippen LogP contribution in [0.5, 0.6) is 6.01 Å². The number of alkyl halides is 3. The number of carbonyl (C=O) groups excluding carboxylic acids is 10. The van der Waals surface area contributed by atoms with Gasteiger partial charge >= 0.3 is 6.01 Å². The van der Waals surface area contributed by atoms with Gasteiger partial charge in [0.2, 0.25) is 41.4 Å². The SMILES string of the molecule is CC(=O)c1ccc(C)c(-c2cccc(NC(=O)[C@@H]3C[C@@H](F)CN3C(=O)Cn3nc(C(C)=O)c4cc(-c5cnc(C)nc5)ccc43)c2F)c1.CCNc1ncc(-c2ccc3c(c2)c(C(C)=O)cn3CC(=O)N2C[C@H](F)C[C@H]2C(=O)Nc2cccc(-c3ccccc3Cl)c2F)cn1.CCOc1ncc(-c2ccc3c(c2)c(C(C)=O)cn3CC(=O)N2C[C@H](F)C[C@H]2C(=O)Nc2cccc(-c3ccccc3Cl)c2F)cn1. The van der Waals surface area contributed by atoms with E-state index in [2.05, 4.69) is 56.3 Å². The Hall–Kier alpha value is -16.0. The fourth-order valence-corrected chi connectivity index (χ4v) is 18.2. The number of benzene rings is 9. The van der Waals surface area contributed by atoms with E-state index in [4.69, 9.17) is 27.9 Å². The third kappa shape index (κ3) is 21.4. The molecular formula is C106H93Cl2F6N17O11. The van der Waals surface area contributed by atoms with Gasteiger partial charge in [-0.05, 0) is 149 Å². The van der Waals surface area contributed by atoms with Crippen molar-refractivity contribution in [3.63, 3.8) is 0 Å². The second kappa shape index (κ2) is 42.8. The molecule has 142 heavy (non-hydrogen) atoms. The first kappa shape index (κ1) is 99.1. The maximum absolute atomic E-state index is 15.8. The molecule has 3 aliphatic rings. The van der Waals surface area contributed by atoms with Gasteiger partial charge < -0.3 is 49.8 Å². The number of rotatable bonds is 26. The number of halogens is 8. The number of carbonyl (C=O) groups is 10. The molecule has 18 rings (SSSR count). The Balaban J connectivity index is 0.000000153. The van der Waals surface area contributed by atoms with Gasteiger partial charge in [-0.25, -0.2) is 56.2 Å². The summed E-state index contributed by atoms with van der Waals surface area (Å²) in [6.45, 7) is 12.4. The lowest BCUT2D eigenvalue weighted by Gasteiger charge is -2.24. The molecule has 15 aromatic rings. The summed E-state index contributed by atoms with van der Waals surface area (Å²) in [7, 11) is 0. The second-order valence-electron chi connectivity index (χ2n) is 34.4. The van der Waals surface area contributed by atoms with Crippen LogP contribution in [0.3, 0.4) is 0 Å². The minimum Gasteiger partial charge on any atom is -0.464 e. The smallest absolute Gasteiger partial charge is 0.316 e. The number of ketones is 4. The van der Waals surface area contributed by atoms with Crippen LogP contribution in [0.15, 0.2) is 225 Å². The zero-order valence-corrected chi connectivity index (χ0v) is 79.4. The molecule has 0 saturated carbocycles. The summed E-state index contributed by atoms with van der Waals surface area (Å²) in [6.07, 6.45) is 8.05. The number of amides is 6. The number of nitrogens with zero attached hydrogens (tertiary/aromatic N) is 13. The van der Waals surface area contributed by atoms with E-state index in [0.29, 0.717) is 107 Å². The molecule has 4 N–H and O–H groups in total. The van der Waals surface area contributed by atoms with E-state index in [1.54, 1.807) is 206 Å². The molecule has 6 amide bonds. The zero-order chi connectivity index (χ0) is 101. The van der Waals surface area contributed by atoms with Gasteiger partial charge in [-0.2, -0.15) is 5.10 Å². The molecule has 724 valence electrons. The van der Waals surface area contributed by atoms with E-state index in [1.807, 2.05) is 38.1 Å². The van der Waals surface area contributed by atoms with Crippen LogP contribution in [0.4, 0.5) is 49.4 Å². The van der Waals surface area contributed by atoms with Gasteiger partial charge in [0, 0.05) is 181 Å². The molecule has 3 aliphatic heterocycles. The quantitative estimate of drug-likeness (QED) is 0.0289. The number of aromatic nitrogens is 10. The van der Waals surface area contributed by atoms with Gasteiger partial charge in [-0.3, -0.25) is 52.6 Å². The van der Waals surface area contributed by atoms with E-state index in [1.165, 1.54) is 60.4 Å². The van der Waals surface area contributed by atoms with Crippen molar-refractivity contribution in [1.82, 2.24) is 63.5 Å². The van der Waals surface area contributed by atoms with E-state index in [0.717, 1.165) is 38.3 Å². The molecule has 0 bridgehead atoms. The van der Waals surface area contributed by atoms with Crippen molar-refractivity contribution in [2.45, 2.75) is 131 Å². The standard InChI is InChI=1S/C36H32F2N6O4.C35H31ClF2N6O3.C35H30ClF2N5O4/c1-19-8-9-23(20(2)45)12-28(19)27-6-5-7-30(34(27)38)41-36(48)32-14-26(37)17-43(32)33(47)18-44-31-11-10-24(25-15-39-22(4)40-16-25)13-29(31)35(42-44)21(3)46;1-3-39-35-40-15-22(16-41-35)21-11-12-30-26(13-21)27(20(2)45)18-43(30)19-32(46)44-17-23(37)14-31(44)34(47)42-29-10-6-8-25(33(29)38)24-7-4-5-9-28(24)36;1-3-47-35-39-15-22(16-40-35)21-11-12-30-26(13-21)27(20(2)44)18-42(30)19-32(45)43-17-23(37)14-31(43)34(46)41-29-10-6-8-25(33(29)38)24-7-4-5-9-28(24)36/h5-13,15-16,26,32H,14,17-18H2,1-4H3,(H,41,48);4-13,15-16,18,23,31H,3,14,17,19H2,1-2H3,(H,42,47)(H,39,40,41);4-13,15-16,18,23,31H,3,14,17,19H2,1-2H3,(H,41,46)/t26-,32+;2*23-,31+/m111/s1. The van der Waals surface area contributed by atoms with Crippen LogP contribution in [-0.2, 0) is 48.4 Å². The van der Waals surface area contributed by atoms with Crippen molar-refractivity contribution in [1.29, 1.82) is 0 Å². The van der Waals surface area contributed by atoms with Crippen molar-refractivity contribution in [2.75, 3.05) is 54.1 Å². The normalized spacial score (nSPS) is 16.0. The average Bonchev–Trinajstić information content (AvgIpc) is 1.63. The number of nitrogens with one attached hydrogen (secondary N) is 4. The predicted octanol–water partition coefficient (Wildman–Crippen LogP) is 19.4. The summed E-state index contributed by atoms with van der Waals surface area (Å²) in [5.41, 5.74) is 9.95. The monoisotopic (exact) mass is 1960 g/mol. The van der Waals surface area contributed by atoms with Gasteiger partial charge in [0.25, 0.3) is 0 Å². The minimum atomic E-state index is -1.47. The first-order chi connectivity index (χ1) is 68.2. The Labute approximate surface area is 819 Å². The van der Waals surface area contributed by atoms with Crippen molar-refractivity contribution in [2.24, 2.45) is 0 Å². The predicted molar refractivity (Wildman–Crippen MR) is 528 cm³/mol. The van der Waals surface area contributed by atoms with Crippen molar-refractivity contribution in [3.8, 4) is 72.8 Å². The number of ether oxygens (including phenoxy) is 1. The Morgan fingerprint density at radius 1 is 0.408 bits per heavy atom. The molecule has 9 heterocycles. The lowest BCUT2D eigenvalue weighted by molar-refractivity contribution is -0.137. The van der Waals surface area contributed by atoms with Crippen LogP contribution >= 0.6 is 23.2 Å². The summed E-state index contributed by atoms with van der Waals surface area (Å²) in [5, 5.41) is 17.5. The Kier molecular flexibility index (Phi) is 29.8. The molecule has 36 heteroatoms. The summed E-state index contributed by atoms with van der Waals surface area (Å²) in [5.74, 6) is -5.66. The van der Waals surface area contributed by atoms with Gasteiger partial charge in [0.05, 0.1) is 48.8 Å². The first-order valence-electron chi connectivity index (χ1n) is 45.5. The number of Topliss-reactive ketones (excluding diaryl/α,β-unsaturated/α-hetero) is 4. The highest BCUT2D eigenvalue weighted by Gasteiger charge is 2.44. The van der Waals surface area contributed by atoms with Crippen LogP contribution in [0.25, 0.3) is 99.5 Å². The second-order valence-corrected chi connectivity index (χ2v) is 35.3. The molecule has 3 fully saturated rings. The van der Waals surface area contributed by atoms with Crippen molar-refractivity contribution >= 4 is 137 Å². The Morgan fingerprint density at radius 3 is 1.20 bits per heavy atom. The van der Waals surface area contributed by atoms with Gasteiger partial charge in [0.1, 0.15) is 67.8 Å². The first-order valence-corrected chi connectivity index (χ1v) is 46.3. The van der Waals surface area contributed by atoms with Crippen LogP contribution in [0.2, 0.25) is 10.0 Å². The number of likely N-dealkylation sites (tertiary alicyclic amines) is 3. The third-order valence-electron chi connectivity index (χ3n) is 24.8. The number of aryl methyl sites for hydroxylation is 2. The largest absolute Gasteiger partial charge is 0.464 e. The summed E-state index contributed by atoms with van der Waals surface area (Å²) in [6, 6.07) is 44.9. The maximum Gasteiger partial charge on any atom is 0.316 e. The molecule has 6 atom stereocenters.